The molecule has 5 heteroatoms. The smallest absolute Gasteiger partial charge is 0.342 e. The number of hydrogen-bond donors (Lipinski definition) is 0. The molecule has 2 aromatic carbocycles. The van der Waals surface area contributed by atoms with Gasteiger partial charge in [0.2, 0.25) is 0 Å². The van der Waals surface area contributed by atoms with Crippen molar-refractivity contribution in [3.8, 4) is 11.5 Å². The number of ether oxygens (including phenoxy) is 3. The Hall–Kier alpha value is -2.01. The number of halogens is 1. The maximum absolute atomic E-state index is 11.9. The van der Waals surface area contributed by atoms with E-state index in [1.807, 2.05) is 24.3 Å². The fourth-order valence-electron chi connectivity index (χ4n) is 1.74. The molecule has 21 heavy (non-hydrogen) atoms. The second-order valence-corrected chi connectivity index (χ2v) is 5.06. The van der Waals surface area contributed by atoms with E-state index in [-0.39, 0.29) is 13.2 Å². The zero-order valence-corrected chi connectivity index (χ0v) is 13.1. The number of esters is 1. The van der Waals surface area contributed by atoms with Crippen molar-refractivity contribution in [1.82, 2.24) is 0 Å². The van der Waals surface area contributed by atoms with Crippen molar-refractivity contribution < 1.29 is 19.0 Å². The molecule has 0 radical (unpaired) electrons. The lowest BCUT2D eigenvalue weighted by Gasteiger charge is -2.09. The average Bonchev–Trinajstić information content (AvgIpc) is 2.51. The third-order valence-electron chi connectivity index (χ3n) is 2.71. The molecule has 0 aromatic heterocycles. The number of carbonyl (C=O) groups is 1. The minimum Gasteiger partial charge on any atom is -0.496 e. The van der Waals surface area contributed by atoms with Crippen LogP contribution in [0.4, 0.5) is 0 Å². The summed E-state index contributed by atoms with van der Waals surface area (Å²) in [5.74, 6) is 0.790. The number of para-hydroxylation sites is 1. The predicted molar refractivity (Wildman–Crippen MR) is 82.9 cm³/mol. The summed E-state index contributed by atoms with van der Waals surface area (Å²) >= 11 is 3.36. The minimum absolute atomic E-state index is 0.170. The molecular weight excluding hydrogens is 336 g/mol. The van der Waals surface area contributed by atoms with E-state index >= 15 is 0 Å². The van der Waals surface area contributed by atoms with Crippen LogP contribution in [0.3, 0.4) is 0 Å². The summed E-state index contributed by atoms with van der Waals surface area (Å²) in [7, 11) is 1.52. The summed E-state index contributed by atoms with van der Waals surface area (Å²) in [5.41, 5.74) is 0.405. The second-order valence-electron chi connectivity index (χ2n) is 4.14. The SMILES string of the molecule is COc1ccccc1C(=O)OCCOc1cccc(Br)c1. The molecule has 0 N–H and O–H groups in total. The van der Waals surface area contributed by atoms with E-state index in [0.717, 1.165) is 10.2 Å². The molecular formula is C16H15BrO4. The van der Waals surface area contributed by atoms with E-state index in [2.05, 4.69) is 15.9 Å². The summed E-state index contributed by atoms with van der Waals surface area (Å²) < 4.78 is 16.7. The number of rotatable bonds is 6. The highest BCUT2D eigenvalue weighted by atomic mass is 79.9. The molecule has 0 aliphatic heterocycles. The number of carbonyl (C=O) groups excluding carboxylic acids is 1. The average molecular weight is 351 g/mol. The number of benzene rings is 2. The highest BCUT2D eigenvalue weighted by Crippen LogP contribution is 2.19. The van der Waals surface area contributed by atoms with Gasteiger partial charge in [-0.3, -0.25) is 0 Å². The maximum Gasteiger partial charge on any atom is 0.342 e. The maximum atomic E-state index is 11.9. The zero-order chi connectivity index (χ0) is 15.1. The molecule has 0 bridgehead atoms. The molecule has 0 heterocycles. The summed E-state index contributed by atoms with van der Waals surface area (Å²) in [6, 6.07) is 14.4. The number of hydrogen-bond acceptors (Lipinski definition) is 4. The Kier molecular flexibility index (Phi) is 5.63. The Morgan fingerprint density at radius 1 is 1.10 bits per heavy atom. The van der Waals surface area contributed by atoms with Crippen LogP contribution in [0.5, 0.6) is 11.5 Å². The Labute approximate surface area is 131 Å². The van der Waals surface area contributed by atoms with Gasteiger partial charge in [-0.15, -0.1) is 0 Å². The van der Waals surface area contributed by atoms with Crippen molar-refractivity contribution in [2.24, 2.45) is 0 Å². The molecule has 0 unspecified atom stereocenters. The third-order valence-corrected chi connectivity index (χ3v) is 3.20. The van der Waals surface area contributed by atoms with Gasteiger partial charge in [-0.25, -0.2) is 4.79 Å². The van der Waals surface area contributed by atoms with Crippen molar-refractivity contribution in [3.63, 3.8) is 0 Å². The van der Waals surface area contributed by atoms with Gasteiger partial charge < -0.3 is 14.2 Å². The van der Waals surface area contributed by atoms with Crippen molar-refractivity contribution in [3.05, 3.63) is 58.6 Å². The molecule has 0 fully saturated rings. The normalized spacial score (nSPS) is 10.0. The number of methoxy groups -OCH3 is 1. The van der Waals surface area contributed by atoms with E-state index in [9.17, 15) is 4.79 Å². The first-order chi connectivity index (χ1) is 10.2. The van der Waals surface area contributed by atoms with Gasteiger partial charge in [0.1, 0.15) is 30.3 Å². The van der Waals surface area contributed by atoms with Crippen molar-refractivity contribution in [1.29, 1.82) is 0 Å². The fourth-order valence-corrected chi connectivity index (χ4v) is 2.12. The zero-order valence-electron chi connectivity index (χ0n) is 11.5. The summed E-state index contributed by atoms with van der Waals surface area (Å²) in [4.78, 5) is 11.9. The van der Waals surface area contributed by atoms with Crippen LogP contribution in [0.1, 0.15) is 10.4 Å². The van der Waals surface area contributed by atoms with Gasteiger partial charge in [0.15, 0.2) is 0 Å². The van der Waals surface area contributed by atoms with Crippen LogP contribution in [-0.2, 0) is 4.74 Å². The molecule has 4 nitrogen and oxygen atoms in total. The van der Waals surface area contributed by atoms with Crippen molar-refractivity contribution in [2.45, 2.75) is 0 Å². The summed E-state index contributed by atoms with van der Waals surface area (Å²) in [6.07, 6.45) is 0. The van der Waals surface area contributed by atoms with Crippen LogP contribution in [0, 0.1) is 0 Å². The Bertz CT molecular complexity index is 613. The van der Waals surface area contributed by atoms with Crippen LogP contribution >= 0.6 is 15.9 Å². The molecule has 0 amide bonds. The molecule has 0 saturated carbocycles. The fraction of sp³-hybridized carbons (Fsp3) is 0.188. The highest BCUT2D eigenvalue weighted by molar-refractivity contribution is 9.10. The molecule has 0 atom stereocenters. The lowest BCUT2D eigenvalue weighted by molar-refractivity contribution is 0.0447. The molecule has 110 valence electrons. The quantitative estimate of drug-likeness (QED) is 0.588. The largest absolute Gasteiger partial charge is 0.496 e. The second kappa shape index (κ2) is 7.69. The molecule has 0 aliphatic carbocycles. The minimum atomic E-state index is -0.426. The molecule has 0 spiro atoms. The topological polar surface area (TPSA) is 44.8 Å². The van der Waals surface area contributed by atoms with Crippen LogP contribution in [0.25, 0.3) is 0 Å². The van der Waals surface area contributed by atoms with Crippen molar-refractivity contribution >= 4 is 21.9 Å². The van der Waals surface area contributed by atoms with Crippen LogP contribution < -0.4 is 9.47 Å². The Balaban J connectivity index is 1.82. The lowest BCUT2D eigenvalue weighted by atomic mass is 10.2. The van der Waals surface area contributed by atoms with E-state index in [1.165, 1.54) is 7.11 Å². The van der Waals surface area contributed by atoms with Crippen LogP contribution in [0.2, 0.25) is 0 Å². The third kappa shape index (κ3) is 4.49. The Morgan fingerprint density at radius 3 is 2.67 bits per heavy atom. The van der Waals surface area contributed by atoms with Gasteiger partial charge in [-0.1, -0.05) is 34.1 Å². The first kappa shape index (κ1) is 15.4. The van der Waals surface area contributed by atoms with E-state index in [0.29, 0.717) is 11.3 Å². The molecule has 0 saturated heterocycles. The summed E-state index contributed by atoms with van der Waals surface area (Å²) in [6.45, 7) is 0.459. The molecule has 2 rings (SSSR count). The highest BCUT2D eigenvalue weighted by Gasteiger charge is 2.12. The predicted octanol–water partition coefficient (Wildman–Crippen LogP) is 3.69. The van der Waals surface area contributed by atoms with Crippen LogP contribution in [-0.4, -0.2) is 26.3 Å². The Morgan fingerprint density at radius 2 is 1.90 bits per heavy atom. The monoisotopic (exact) mass is 350 g/mol. The molecule has 0 aliphatic rings. The van der Waals surface area contributed by atoms with Gasteiger partial charge in [-0.2, -0.15) is 0 Å². The van der Waals surface area contributed by atoms with Gasteiger partial charge in [0, 0.05) is 4.47 Å². The summed E-state index contributed by atoms with van der Waals surface area (Å²) in [5, 5.41) is 0. The van der Waals surface area contributed by atoms with Gasteiger partial charge >= 0.3 is 5.97 Å². The van der Waals surface area contributed by atoms with Gasteiger partial charge in [0.25, 0.3) is 0 Å². The van der Waals surface area contributed by atoms with Crippen LogP contribution in [0.15, 0.2) is 53.0 Å². The van der Waals surface area contributed by atoms with E-state index < -0.39 is 5.97 Å². The van der Waals surface area contributed by atoms with E-state index in [4.69, 9.17) is 14.2 Å². The standard InChI is InChI=1S/C16H15BrO4/c1-19-15-8-3-2-7-14(15)16(18)21-10-9-20-13-6-4-5-12(17)11-13/h2-8,11H,9-10H2,1H3. The van der Waals surface area contributed by atoms with Crippen molar-refractivity contribution in [2.75, 3.05) is 20.3 Å². The first-order valence-electron chi connectivity index (χ1n) is 6.39. The molecule has 2 aromatic rings. The first-order valence-corrected chi connectivity index (χ1v) is 7.18. The van der Waals surface area contributed by atoms with Gasteiger partial charge in [0.05, 0.1) is 7.11 Å². The van der Waals surface area contributed by atoms with Gasteiger partial charge in [-0.05, 0) is 30.3 Å². The van der Waals surface area contributed by atoms with E-state index in [1.54, 1.807) is 24.3 Å². The lowest BCUT2D eigenvalue weighted by Crippen LogP contribution is -2.13.